The Morgan fingerprint density at radius 1 is 1.20 bits per heavy atom. The van der Waals surface area contributed by atoms with E-state index >= 15 is 0 Å². The normalized spacial score (nSPS) is 12.4. The largest absolute Gasteiger partial charge is 0.468 e. The first-order chi connectivity index (χ1) is 14.1. The summed E-state index contributed by atoms with van der Waals surface area (Å²) < 4.78 is 32.3. The molecule has 30 heavy (non-hydrogen) atoms. The van der Waals surface area contributed by atoms with Gasteiger partial charge in [-0.3, -0.25) is 10.1 Å². The summed E-state index contributed by atoms with van der Waals surface area (Å²) in [6.07, 6.45) is 4.48. The molecule has 0 bridgehead atoms. The van der Waals surface area contributed by atoms with Crippen LogP contribution in [0, 0.1) is 0 Å². The van der Waals surface area contributed by atoms with Crippen molar-refractivity contribution in [2.45, 2.75) is 37.6 Å². The molecule has 0 aliphatic carbocycles. The number of nitrogens with zero attached hydrogens (tertiary/aromatic N) is 1. The number of sulfonamides is 1. The van der Waals surface area contributed by atoms with Crippen LogP contribution >= 0.6 is 11.3 Å². The summed E-state index contributed by atoms with van der Waals surface area (Å²) in [5.74, 6) is 0.223. The third-order valence-corrected chi connectivity index (χ3v) is 6.31. The maximum absolute atomic E-state index is 12.3. The maximum atomic E-state index is 12.3. The molecule has 0 aliphatic rings. The van der Waals surface area contributed by atoms with E-state index in [9.17, 15) is 13.2 Å². The molecule has 0 aliphatic heterocycles. The number of carbonyl (C=O) groups excluding carboxylic acids is 1. The predicted molar refractivity (Wildman–Crippen MR) is 118 cm³/mol. The quantitative estimate of drug-likeness (QED) is 0.532. The summed E-state index contributed by atoms with van der Waals surface area (Å²) in [6.45, 7) is 6.25. The van der Waals surface area contributed by atoms with E-state index in [0.29, 0.717) is 16.5 Å². The van der Waals surface area contributed by atoms with Crippen LogP contribution in [0.5, 0.6) is 0 Å². The molecule has 9 heteroatoms. The number of hydrogen-bond donors (Lipinski definition) is 2. The topological polar surface area (TPSA) is 101 Å². The number of benzene rings is 1. The Kier molecular flexibility index (Phi) is 6.55. The summed E-state index contributed by atoms with van der Waals surface area (Å²) >= 11 is 1.38. The Morgan fingerprint density at radius 3 is 2.53 bits per heavy atom. The molecular weight excluding hydrogens is 422 g/mol. The number of nitrogens with one attached hydrogen (secondary N) is 2. The van der Waals surface area contributed by atoms with Gasteiger partial charge < -0.3 is 4.42 Å². The lowest BCUT2D eigenvalue weighted by Gasteiger charge is -2.14. The molecule has 3 aromatic rings. The Labute approximate surface area is 179 Å². The van der Waals surface area contributed by atoms with Crippen LogP contribution in [-0.4, -0.2) is 19.3 Å². The van der Waals surface area contributed by atoms with Crippen molar-refractivity contribution in [1.29, 1.82) is 0 Å². The minimum atomic E-state index is -3.66. The molecule has 2 N–H and O–H groups in total. The molecule has 0 unspecified atom stereocenters. The van der Waals surface area contributed by atoms with Crippen LogP contribution in [0.2, 0.25) is 0 Å². The number of rotatable bonds is 7. The molecule has 0 saturated carbocycles. The first-order valence-corrected chi connectivity index (χ1v) is 11.6. The molecule has 1 aromatic carbocycles. The van der Waals surface area contributed by atoms with Gasteiger partial charge in [0.05, 0.1) is 23.4 Å². The molecule has 0 spiro atoms. The van der Waals surface area contributed by atoms with Gasteiger partial charge in [-0.05, 0) is 35.9 Å². The fraction of sp³-hybridized carbons (Fsp3) is 0.238. The lowest BCUT2D eigenvalue weighted by atomic mass is 9.93. The van der Waals surface area contributed by atoms with E-state index in [2.05, 4.69) is 35.8 Å². The molecule has 7 nitrogen and oxygen atoms in total. The molecule has 3 rings (SSSR count). The summed E-state index contributed by atoms with van der Waals surface area (Å²) in [7, 11) is -3.66. The number of carbonyl (C=O) groups is 1. The van der Waals surface area contributed by atoms with E-state index in [1.807, 2.05) is 5.38 Å². The number of aromatic nitrogens is 1. The van der Waals surface area contributed by atoms with E-state index in [4.69, 9.17) is 4.42 Å². The monoisotopic (exact) mass is 445 g/mol. The highest BCUT2D eigenvalue weighted by molar-refractivity contribution is 7.89. The van der Waals surface area contributed by atoms with Crippen LogP contribution in [-0.2, 0) is 26.8 Å². The van der Waals surface area contributed by atoms with Crippen molar-refractivity contribution in [2.24, 2.45) is 0 Å². The van der Waals surface area contributed by atoms with E-state index in [-0.39, 0.29) is 22.8 Å². The molecule has 0 atom stereocenters. The summed E-state index contributed by atoms with van der Waals surface area (Å²) in [4.78, 5) is 16.7. The van der Waals surface area contributed by atoms with Gasteiger partial charge in [0.2, 0.25) is 15.9 Å². The van der Waals surface area contributed by atoms with Gasteiger partial charge in [0.25, 0.3) is 0 Å². The SMILES string of the molecule is CC(C)(C)c1csc(NC(=O)/C=C/c2ccc(S(=O)(=O)NCc3ccco3)cc2)n1. The number of hydrogen-bond acceptors (Lipinski definition) is 6. The van der Waals surface area contributed by atoms with Crippen molar-refractivity contribution < 1.29 is 17.6 Å². The number of anilines is 1. The molecule has 0 saturated heterocycles. The third-order valence-electron chi connectivity index (χ3n) is 4.14. The standard InChI is InChI=1S/C21H23N3O4S2/c1-21(2,3)18-14-29-20(23-18)24-19(25)11-8-15-6-9-17(10-7-15)30(26,27)22-13-16-5-4-12-28-16/h4-12,14,22H,13H2,1-3H3,(H,23,24,25)/b11-8+. The Balaban J connectivity index is 1.58. The average Bonchev–Trinajstić information content (AvgIpc) is 3.37. The summed E-state index contributed by atoms with van der Waals surface area (Å²) in [5, 5.41) is 5.21. The second-order valence-corrected chi connectivity index (χ2v) is 10.2. The fourth-order valence-corrected chi connectivity index (χ4v) is 4.35. The van der Waals surface area contributed by atoms with Gasteiger partial charge in [-0.2, -0.15) is 0 Å². The number of amides is 1. The van der Waals surface area contributed by atoms with E-state index in [1.54, 1.807) is 30.3 Å². The molecule has 0 radical (unpaired) electrons. The lowest BCUT2D eigenvalue weighted by Crippen LogP contribution is -2.22. The van der Waals surface area contributed by atoms with E-state index in [0.717, 1.165) is 5.69 Å². The van der Waals surface area contributed by atoms with Gasteiger partial charge in [0.15, 0.2) is 5.13 Å². The molecule has 158 valence electrons. The average molecular weight is 446 g/mol. The fourth-order valence-electron chi connectivity index (χ4n) is 2.42. The highest BCUT2D eigenvalue weighted by Crippen LogP contribution is 2.26. The van der Waals surface area contributed by atoms with E-state index < -0.39 is 10.0 Å². The zero-order chi connectivity index (χ0) is 21.8. The highest BCUT2D eigenvalue weighted by atomic mass is 32.2. The van der Waals surface area contributed by atoms with Crippen molar-refractivity contribution in [1.82, 2.24) is 9.71 Å². The Bertz CT molecular complexity index is 1120. The minimum Gasteiger partial charge on any atom is -0.468 e. The van der Waals surface area contributed by atoms with Gasteiger partial charge in [0, 0.05) is 16.9 Å². The van der Waals surface area contributed by atoms with Crippen LogP contribution < -0.4 is 10.0 Å². The van der Waals surface area contributed by atoms with Crippen molar-refractivity contribution >= 4 is 38.5 Å². The molecule has 2 heterocycles. The zero-order valence-corrected chi connectivity index (χ0v) is 18.5. The molecule has 0 fully saturated rings. The number of furan rings is 1. The second-order valence-electron chi connectivity index (χ2n) is 7.58. The van der Waals surface area contributed by atoms with Crippen molar-refractivity contribution in [3.8, 4) is 0 Å². The Morgan fingerprint density at radius 2 is 1.93 bits per heavy atom. The molecular formula is C21H23N3O4S2. The zero-order valence-electron chi connectivity index (χ0n) is 16.9. The first kappa shape index (κ1) is 21.9. The van der Waals surface area contributed by atoms with Crippen LogP contribution in [0.25, 0.3) is 6.08 Å². The smallest absolute Gasteiger partial charge is 0.250 e. The van der Waals surface area contributed by atoms with Crippen molar-refractivity contribution in [3.63, 3.8) is 0 Å². The summed E-state index contributed by atoms with van der Waals surface area (Å²) in [6, 6.07) is 9.62. The van der Waals surface area contributed by atoms with E-state index in [1.165, 1.54) is 35.8 Å². The van der Waals surface area contributed by atoms with Crippen LogP contribution in [0.1, 0.15) is 37.8 Å². The van der Waals surface area contributed by atoms with Crippen molar-refractivity contribution in [2.75, 3.05) is 5.32 Å². The van der Waals surface area contributed by atoms with Crippen LogP contribution in [0.15, 0.2) is 63.4 Å². The van der Waals surface area contributed by atoms with Crippen LogP contribution in [0.3, 0.4) is 0 Å². The Hall–Kier alpha value is -2.75. The van der Waals surface area contributed by atoms with Gasteiger partial charge in [-0.15, -0.1) is 11.3 Å². The van der Waals surface area contributed by atoms with Crippen LogP contribution in [0.4, 0.5) is 5.13 Å². The summed E-state index contributed by atoms with van der Waals surface area (Å²) in [5.41, 5.74) is 1.54. The van der Waals surface area contributed by atoms with Gasteiger partial charge in [0.1, 0.15) is 5.76 Å². The van der Waals surface area contributed by atoms with Gasteiger partial charge in [-0.1, -0.05) is 32.9 Å². The lowest BCUT2D eigenvalue weighted by molar-refractivity contribution is -0.111. The van der Waals surface area contributed by atoms with Crippen molar-refractivity contribution in [3.05, 3.63) is 71.1 Å². The predicted octanol–water partition coefficient (Wildman–Crippen LogP) is 4.16. The minimum absolute atomic E-state index is 0.0742. The molecule has 2 aromatic heterocycles. The highest BCUT2D eigenvalue weighted by Gasteiger charge is 2.18. The van der Waals surface area contributed by atoms with Gasteiger partial charge >= 0.3 is 0 Å². The second kappa shape index (κ2) is 8.95. The first-order valence-electron chi connectivity index (χ1n) is 9.21. The number of thiazole rings is 1. The molecule has 1 amide bonds. The van der Waals surface area contributed by atoms with Gasteiger partial charge in [-0.25, -0.2) is 18.1 Å². The maximum Gasteiger partial charge on any atom is 0.250 e. The third kappa shape index (κ3) is 5.88.